The molecule has 1 aromatic heterocycles. The second kappa shape index (κ2) is 11.1. The largest absolute Gasteiger partial charge is 0.493 e. The Labute approximate surface area is 161 Å². The zero-order chi connectivity index (χ0) is 19.5. The Balaban J connectivity index is 1.97. The fourth-order valence-corrected chi connectivity index (χ4v) is 2.60. The van der Waals surface area contributed by atoms with Crippen molar-refractivity contribution in [3.8, 4) is 11.5 Å². The van der Waals surface area contributed by atoms with E-state index in [2.05, 4.69) is 44.2 Å². The van der Waals surface area contributed by atoms with Gasteiger partial charge in [-0.05, 0) is 24.1 Å². The summed E-state index contributed by atoms with van der Waals surface area (Å²) in [6.45, 7) is 7.15. The number of methoxy groups -OCH3 is 2. The van der Waals surface area contributed by atoms with Gasteiger partial charge in [-0.1, -0.05) is 19.9 Å². The van der Waals surface area contributed by atoms with Crippen LogP contribution in [0.5, 0.6) is 11.5 Å². The number of benzene rings is 1. The molecule has 0 saturated carbocycles. The van der Waals surface area contributed by atoms with Crippen molar-refractivity contribution in [2.75, 3.05) is 27.3 Å². The Morgan fingerprint density at radius 3 is 2.59 bits per heavy atom. The maximum atomic E-state index is 5.36. The summed E-state index contributed by atoms with van der Waals surface area (Å²) in [7, 11) is 3.27. The number of hydrogen-bond acceptors (Lipinski definition) is 5. The molecule has 0 atom stereocenters. The Hall–Kier alpha value is -2.77. The van der Waals surface area contributed by atoms with E-state index in [4.69, 9.17) is 9.47 Å². The number of aryl methyl sites for hydroxylation is 1. The van der Waals surface area contributed by atoms with Crippen LogP contribution in [0.15, 0.2) is 29.5 Å². The zero-order valence-corrected chi connectivity index (χ0v) is 16.7. The van der Waals surface area contributed by atoms with E-state index in [1.807, 2.05) is 18.2 Å². The molecule has 2 aromatic rings. The highest BCUT2D eigenvalue weighted by molar-refractivity contribution is 5.79. The summed E-state index contributed by atoms with van der Waals surface area (Å²) in [4.78, 5) is 4.68. The number of hydrogen-bond donors (Lipinski definition) is 2. The van der Waals surface area contributed by atoms with Crippen molar-refractivity contribution in [1.82, 2.24) is 25.4 Å². The van der Waals surface area contributed by atoms with Gasteiger partial charge in [-0.25, -0.2) is 4.99 Å². The minimum absolute atomic E-state index is 0.548. The van der Waals surface area contributed by atoms with Gasteiger partial charge in [-0.3, -0.25) is 0 Å². The minimum atomic E-state index is 0.548. The summed E-state index contributed by atoms with van der Waals surface area (Å²) in [5, 5.41) is 14.8. The second-order valence-electron chi connectivity index (χ2n) is 6.00. The summed E-state index contributed by atoms with van der Waals surface area (Å²) in [6, 6.07) is 5.84. The highest BCUT2D eigenvalue weighted by Crippen LogP contribution is 2.27. The number of guanidine groups is 1. The average Bonchev–Trinajstić information content (AvgIpc) is 3.16. The predicted octanol–water partition coefficient (Wildman–Crippen LogP) is 2.00. The van der Waals surface area contributed by atoms with Crippen molar-refractivity contribution in [2.24, 2.45) is 4.99 Å². The van der Waals surface area contributed by atoms with Gasteiger partial charge < -0.3 is 24.7 Å². The minimum Gasteiger partial charge on any atom is -0.493 e. The topological polar surface area (TPSA) is 85.6 Å². The highest BCUT2D eigenvalue weighted by Gasteiger charge is 2.05. The van der Waals surface area contributed by atoms with E-state index < -0.39 is 0 Å². The first-order chi connectivity index (χ1) is 13.2. The van der Waals surface area contributed by atoms with Gasteiger partial charge >= 0.3 is 0 Å². The van der Waals surface area contributed by atoms with E-state index in [-0.39, 0.29) is 0 Å². The van der Waals surface area contributed by atoms with Crippen LogP contribution in [0, 0.1) is 0 Å². The first-order valence-corrected chi connectivity index (χ1v) is 9.31. The number of aliphatic imine (C=N–C) groups is 1. The third-order valence-corrected chi connectivity index (χ3v) is 4.07. The molecule has 0 aliphatic heterocycles. The van der Waals surface area contributed by atoms with Crippen LogP contribution in [0.25, 0.3) is 0 Å². The summed E-state index contributed by atoms with van der Waals surface area (Å²) in [5.74, 6) is 3.20. The number of aromatic nitrogens is 3. The Morgan fingerprint density at radius 1 is 1.11 bits per heavy atom. The van der Waals surface area contributed by atoms with Crippen LogP contribution in [-0.2, 0) is 19.5 Å². The van der Waals surface area contributed by atoms with Crippen LogP contribution >= 0.6 is 0 Å². The quantitative estimate of drug-likeness (QED) is 0.489. The molecule has 0 amide bonds. The van der Waals surface area contributed by atoms with E-state index in [9.17, 15) is 0 Å². The fraction of sp³-hybridized carbons (Fsp3) is 0.526. The lowest BCUT2D eigenvalue weighted by molar-refractivity contribution is 0.354. The van der Waals surface area contributed by atoms with Crippen molar-refractivity contribution in [2.45, 2.75) is 39.8 Å². The summed E-state index contributed by atoms with van der Waals surface area (Å²) in [5.41, 5.74) is 1.05. The van der Waals surface area contributed by atoms with Gasteiger partial charge in [0.25, 0.3) is 0 Å². The third-order valence-electron chi connectivity index (χ3n) is 4.07. The zero-order valence-electron chi connectivity index (χ0n) is 16.7. The van der Waals surface area contributed by atoms with Gasteiger partial charge in [0.2, 0.25) is 0 Å². The summed E-state index contributed by atoms with van der Waals surface area (Å²) < 4.78 is 12.7. The smallest absolute Gasteiger partial charge is 0.191 e. The lowest BCUT2D eigenvalue weighted by Gasteiger charge is -2.13. The van der Waals surface area contributed by atoms with Crippen molar-refractivity contribution >= 4 is 5.96 Å². The van der Waals surface area contributed by atoms with E-state index in [1.54, 1.807) is 20.5 Å². The normalized spacial score (nSPS) is 11.3. The Bertz CT molecular complexity index is 729. The van der Waals surface area contributed by atoms with Crippen LogP contribution < -0.4 is 20.1 Å². The molecule has 0 bridgehead atoms. The lowest BCUT2D eigenvalue weighted by Crippen LogP contribution is -2.39. The third kappa shape index (κ3) is 6.16. The number of nitrogens with one attached hydrogen (secondary N) is 2. The molecule has 2 N–H and O–H groups in total. The van der Waals surface area contributed by atoms with E-state index in [0.29, 0.717) is 18.0 Å². The van der Waals surface area contributed by atoms with Gasteiger partial charge in [0, 0.05) is 26.1 Å². The molecule has 8 nitrogen and oxygen atoms in total. The van der Waals surface area contributed by atoms with Crippen molar-refractivity contribution in [1.29, 1.82) is 0 Å². The maximum Gasteiger partial charge on any atom is 0.191 e. The predicted molar refractivity (Wildman–Crippen MR) is 106 cm³/mol. The molecule has 0 unspecified atom stereocenters. The SMILES string of the molecule is CCCNC(=NCc1ccc(OC)c(OC)c1)NCCn1cnnc1CC. The molecule has 0 radical (unpaired) electrons. The molecule has 1 heterocycles. The standard InChI is InChI=1S/C19H30N6O2/c1-5-9-20-19(21-10-11-25-14-23-24-18(25)6-2)22-13-15-7-8-16(26-3)17(12-15)27-4/h7-8,12,14H,5-6,9-11,13H2,1-4H3,(H2,20,21,22). The molecule has 8 heteroatoms. The molecule has 0 aliphatic carbocycles. The van der Waals surface area contributed by atoms with Crippen LogP contribution in [0.2, 0.25) is 0 Å². The van der Waals surface area contributed by atoms with Crippen LogP contribution in [0.4, 0.5) is 0 Å². The van der Waals surface area contributed by atoms with Gasteiger partial charge in [-0.2, -0.15) is 0 Å². The summed E-state index contributed by atoms with van der Waals surface area (Å²) >= 11 is 0. The Kier molecular flexibility index (Phi) is 8.41. The van der Waals surface area contributed by atoms with Crippen molar-refractivity contribution < 1.29 is 9.47 Å². The maximum absolute atomic E-state index is 5.36. The van der Waals surface area contributed by atoms with Crippen molar-refractivity contribution in [3.05, 3.63) is 35.9 Å². The first-order valence-electron chi connectivity index (χ1n) is 9.31. The molecular weight excluding hydrogens is 344 g/mol. The van der Waals surface area contributed by atoms with Crippen molar-refractivity contribution in [3.63, 3.8) is 0 Å². The van der Waals surface area contributed by atoms with Gasteiger partial charge in [0.1, 0.15) is 12.2 Å². The van der Waals surface area contributed by atoms with Crippen LogP contribution in [0.1, 0.15) is 31.7 Å². The van der Waals surface area contributed by atoms with E-state index >= 15 is 0 Å². The first kappa shape index (κ1) is 20.5. The van der Waals surface area contributed by atoms with Crippen LogP contribution in [0.3, 0.4) is 0 Å². The molecular formula is C19H30N6O2. The Morgan fingerprint density at radius 2 is 1.89 bits per heavy atom. The molecule has 0 aliphatic rings. The number of rotatable bonds is 10. The van der Waals surface area contributed by atoms with Crippen LogP contribution in [-0.4, -0.2) is 48.0 Å². The molecule has 148 valence electrons. The second-order valence-corrected chi connectivity index (χ2v) is 6.00. The fourth-order valence-electron chi connectivity index (χ4n) is 2.60. The molecule has 0 fully saturated rings. The number of nitrogens with zero attached hydrogens (tertiary/aromatic N) is 4. The van der Waals surface area contributed by atoms with E-state index in [1.165, 1.54) is 0 Å². The lowest BCUT2D eigenvalue weighted by atomic mass is 10.2. The van der Waals surface area contributed by atoms with Gasteiger partial charge in [-0.15, -0.1) is 10.2 Å². The molecule has 1 aromatic carbocycles. The molecule has 0 saturated heterocycles. The number of ether oxygens (including phenoxy) is 2. The highest BCUT2D eigenvalue weighted by atomic mass is 16.5. The van der Waals surface area contributed by atoms with Gasteiger partial charge in [0.05, 0.1) is 20.8 Å². The summed E-state index contributed by atoms with van der Waals surface area (Å²) in [6.07, 6.45) is 3.66. The van der Waals surface area contributed by atoms with Gasteiger partial charge in [0.15, 0.2) is 17.5 Å². The molecule has 2 rings (SSSR count). The van der Waals surface area contributed by atoms with E-state index in [0.717, 1.165) is 49.8 Å². The monoisotopic (exact) mass is 374 g/mol. The molecule has 27 heavy (non-hydrogen) atoms. The molecule has 0 spiro atoms. The average molecular weight is 374 g/mol.